The Morgan fingerprint density at radius 2 is 1.62 bits per heavy atom. The van der Waals surface area contributed by atoms with Crippen molar-refractivity contribution in [3.8, 4) is 0 Å². The Bertz CT molecular complexity index is 882. The minimum atomic E-state index is -0.714. The molecule has 2 aromatic rings. The maximum absolute atomic E-state index is 13.9. The number of amides is 2. The van der Waals surface area contributed by atoms with Gasteiger partial charge in [-0.25, -0.2) is 4.39 Å². The van der Waals surface area contributed by atoms with Crippen LogP contribution in [0.1, 0.15) is 24.2 Å². The van der Waals surface area contributed by atoms with Crippen LogP contribution >= 0.6 is 11.6 Å². The second-order valence-electron chi connectivity index (χ2n) is 7.44. The van der Waals surface area contributed by atoms with Gasteiger partial charge in [-0.15, -0.1) is 0 Å². The van der Waals surface area contributed by atoms with E-state index in [2.05, 4.69) is 10.2 Å². The summed E-state index contributed by atoms with van der Waals surface area (Å²) in [7, 11) is 0. The van der Waals surface area contributed by atoms with Crippen LogP contribution < -0.4 is 10.2 Å². The van der Waals surface area contributed by atoms with Gasteiger partial charge in [0.2, 0.25) is 5.91 Å². The minimum Gasteiger partial charge on any atom is -0.367 e. The molecule has 154 valence electrons. The molecule has 2 aromatic carbocycles. The van der Waals surface area contributed by atoms with Crippen molar-refractivity contribution < 1.29 is 14.0 Å². The summed E-state index contributed by atoms with van der Waals surface area (Å²) in [6, 6.07) is 12.7. The van der Waals surface area contributed by atoms with Gasteiger partial charge in [0.15, 0.2) is 0 Å². The minimum absolute atomic E-state index is 0.0607. The van der Waals surface area contributed by atoms with Crippen molar-refractivity contribution >= 4 is 29.1 Å². The third kappa shape index (κ3) is 4.88. The average molecular weight is 418 g/mol. The van der Waals surface area contributed by atoms with E-state index in [-0.39, 0.29) is 17.4 Å². The monoisotopic (exact) mass is 417 g/mol. The largest absolute Gasteiger partial charge is 0.367 e. The topological polar surface area (TPSA) is 52.7 Å². The smallest absolute Gasteiger partial charge is 0.254 e. The fraction of sp³-hybridized carbons (Fsp3) is 0.364. The standard InChI is InChI=1S/C22H25ClFN3O2/c1-15(2)20(25-21(28)16-7-3-5-9-18(16)24)22(29)27-13-11-26(12-14-27)19-10-6-4-8-17(19)23/h3-10,15,20H,11-14H2,1-2H3,(H,25,28). The van der Waals surface area contributed by atoms with Crippen molar-refractivity contribution in [1.29, 1.82) is 0 Å². The summed E-state index contributed by atoms with van der Waals surface area (Å²) in [6.07, 6.45) is 0. The van der Waals surface area contributed by atoms with Gasteiger partial charge in [0, 0.05) is 26.2 Å². The number of hydrogen-bond acceptors (Lipinski definition) is 3. The van der Waals surface area contributed by atoms with Gasteiger partial charge in [-0.3, -0.25) is 9.59 Å². The molecular formula is C22H25ClFN3O2. The second kappa shape index (κ2) is 9.27. The maximum Gasteiger partial charge on any atom is 0.254 e. The highest BCUT2D eigenvalue weighted by molar-refractivity contribution is 6.33. The molecule has 0 aromatic heterocycles. The molecule has 1 atom stereocenters. The molecule has 1 aliphatic rings. The molecule has 1 N–H and O–H groups in total. The number of carbonyl (C=O) groups excluding carboxylic acids is 2. The van der Waals surface area contributed by atoms with Crippen LogP contribution in [0.25, 0.3) is 0 Å². The van der Waals surface area contributed by atoms with E-state index in [1.54, 1.807) is 11.0 Å². The first kappa shape index (κ1) is 21.1. The van der Waals surface area contributed by atoms with E-state index in [0.29, 0.717) is 31.2 Å². The first-order valence-electron chi connectivity index (χ1n) is 9.72. The molecule has 5 nitrogen and oxygen atoms in total. The lowest BCUT2D eigenvalue weighted by atomic mass is 10.0. The number of nitrogens with one attached hydrogen (secondary N) is 1. The van der Waals surface area contributed by atoms with Crippen LogP contribution in [0.3, 0.4) is 0 Å². The van der Waals surface area contributed by atoms with Crippen molar-refractivity contribution in [3.05, 3.63) is 64.9 Å². The predicted molar refractivity (Wildman–Crippen MR) is 113 cm³/mol. The fourth-order valence-electron chi connectivity index (χ4n) is 3.45. The van der Waals surface area contributed by atoms with E-state index in [9.17, 15) is 14.0 Å². The van der Waals surface area contributed by atoms with E-state index < -0.39 is 17.8 Å². The van der Waals surface area contributed by atoms with Crippen LogP contribution in [0, 0.1) is 11.7 Å². The Morgan fingerprint density at radius 3 is 2.24 bits per heavy atom. The molecule has 1 saturated heterocycles. The number of nitrogens with zero attached hydrogens (tertiary/aromatic N) is 2. The first-order chi connectivity index (χ1) is 13.9. The van der Waals surface area contributed by atoms with Gasteiger partial charge in [-0.1, -0.05) is 49.7 Å². The van der Waals surface area contributed by atoms with E-state index in [1.165, 1.54) is 18.2 Å². The zero-order valence-corrected chi connectivity index (χ0v) is 17.3. The van der Waals surface area contributed by atoms with Crippen LogP contribution in [0.5, 0.6) is 0 Å². The highest BCUT2D eigenvalue weighted by atomic mass is 35.5. The molecule has 0 radical (unpaired) electrons. The molecule has 1 aliphatic heterocycles. The summed E-state index contributed by atoms with van der Waals surface area (Å²) in [5, 5.41) is 3.40. The van der Waals surface area contributed by atoms with Crippen LogP contribution in [-0.2, 0) is 4.79 Å². The van der Waals surface area contributed by atoms with Crippen molar-refractivity contribution in [2.75, 3.05) is 31.1 Å². The summed E-state index contributed by atoms with van der Waals surface area (Å²) in [5.74, 6) is -1.46. The van der Waals surface area contributed by atoms with Gasteiger partial charge in [0.1, 0.15) is 11.9 Å². The molecule has 29 heavy (non-hydrogen) atoms. The summed E-state index contributed by atoms with van der Waals surface area (Å²) in [5.41, 5.74) is 0.893. The molecule has 1 heterocycles. The van der Waals surface area contributed by atoms with E-state index in [1.807, 2.05) is 38.1 Å². The Kier molecular flexibility index (Phi) is 6.75. The fourth-order valence-corrected chi connectivity index (χ4v) is 3.71. The quantitative estimate of drug-likeness (QED) is 0.809. The Balaban J connectivity index is 1.65. The third-order valence-electron chi connectivity index (χ3n) is 5.12. The van der Waals surface area contributed by atoms with Gasteiger partial charge in [0.25, 0.3) is 5.91 Å². The van der Waals surface area contributed by atoms with Gasteiger partial charge >= 0.3 is 0 Å². The number of hydrogen-bond donors (Lipinski definition) is 1. The number of carbonyl (C=O) groups is 2. The van der Waals surface area contributed by atoms with Crippen LogP contribution in [-0.4, -0.2) is 48.9 Å². The van der Waals surface area contributed by atoms with E-state index >= 15 is 0 Å². The van der Waals surface area contributed by atoms with Crippen molar-refractivity contribution in [3.63, 3.8) is 0 Å². The molecule has 3 rings (SSSR count). The second-order valence-corrected chi connectivity index (χ2v) is 7.85. The molecule has 1 unspecified atom stereocenters. The van der Waals surface area contributed by atoms with Crippen molar-refractivity contribution in [2.24, 2.45) is 5.92 Å². The van der Waals surface area contributed by atoms with Gasteiger partial charge in [0.05, 0.1) is 16.3 Å². The number of para-hydroxylation sites is 1. The summed E-state index contributed by atoms with van der Waals surface area (Å²) in [4.78, 5) is 29.5. The molecule has 0 saturated carbocycles. The Labute approximate surface area is 175 Å². The highest BCUT2D eigenvalue weighted by Gasteiger charge is 2.31. The lowest BCUT2D eigenvalue weighted by Gasteiger charge is -2.38. The molecule has 2 amide bonds. The van der Waals surface area contributed by atoms with Gasteiger partial charge in [-0.05, 0) is 30.2 Å². The first-order valence-corrected chi connectivity index (χ1v) is 10.1. The molecular weight excluding hydrogens is 393 g/mol. The molecule has 0 aliphatic carbocycles. The number of benzene rings is 2. The van der Waals surface area contributed by atoms with E-state index in [4.69, 9.17) is 11.6 Å². The van der Waals surface area contributed by atoms with Gasteiger partial charge < -0.3 is 15.1 Å². The lowest BCUT2D eigenvalue weighted by Crippen LogP contribution is -2.56. The van der Waals surface area contributed by atoms with Crippen molar-refractivity contribution in [2.45, 2.75) is 19.9 Å². The maximum atomic E-state index is 13.9. The number of halogens is 2. The van der Waals surface area contributed by atoms with E-state index in [0.717, 1.165) is 5.69 Å². The lowest BCUT2D eigenvalue weighted by molar-refractivity contribution is -0.134. The summed E-state index contributed by atoms with van der Waals surface area (Å²) in [6.45, 7) is 6.10. The Hall–Kier alpha value is -2.60. The number of piperazine rings is 1. The predicted octanol–water partition coefficient (Wildman–Crippen LogP) is 3.58. The van der Waals surface area contributed by atoms with Crippen LogP contribution in [0.2, 0.25) is 5.02 Å². The van der Waals surface area contributed by atoms with Crippen LogP contribution in [0.4, 0.5) is 10.1 Å². The summed E-state index contributed by atoms with van der Waals surface area (Å²) < 4.78 is 13.9. The molecule has 0 bridgehead atoms. The Morgan fingerprint density at radius 1 is 1.00 bits per heavy atom. The van der Waals surface area contributed by atoms with Gasteiger partial charge in [-0.2, -0.15) is 0 Å². The number of rotatable bonds is 5. The zero-order chi connectivity index (χ0) is 21.0. The summed E-state index contributed by atoms with van der Waals surface area (Å²) >= 11 is 6.28. The van der Waals surface area contributed by atoms with Crippen molar-refractivity contribution in [1.82, 2.24) is 10.2 Å². The molecule has 7 heteroatoms. The zero-order valence-electron chi connectivity index (χ0n) is 16.6. The van der Waals surface area contributed by atoms with Crippen LogP contribution in [0.15, 0.2) is 48.5 Å². The SMILES string of the molecule is CC(C)C(NC(=O)c1ccccc1F)C(=O)N1CCN(c2ccccc2Cl)CC1. The normalized spacial score (nSPS) is 15.3. The average Bonchev–Trinajstić information content (AvgIpc) is 2.72. The molecule has 0 spiro atoms. The number of anilines is 1. The third-order valence-corrected chi connectivity index (χ3v) is 5.44. The highest BCUT2D eigenvalue weighted by Crippen LogP contribution is 2.26. The molecule has 1 fully saturated rings.